The predicted molar refractivity (Wildman–Crippen MR) is 55.3 cm³/mol. The SMILES string of the molecule is CCC1=CC2CC1(C)C1C=CCC21. The third-order valence-electron chi connectivity index (χ3n) is 4.69. The highest BCUT2D eigenvalue weighted by Crippen LogP contribution is 2.63. The number of hydrogen-bond acceptors (Lipinski definition) is 0. The zero-order valence-corrected chi connectivity index (χ0v) is 8.59. The Labute approximate surface area is 80.7 Å². The van der Waals surface area contributed by atoms with Crippen LogP contribution in [0, 0.1) is 23.2 Å². The molecule has 70 valence electrons. The smallest absolute Gasteiger partial charge is 0.00450 e. The highest BCUT2D eigenvalue weighted by atomic mass is 14.6. The molecule has 13 heavy (non-hydrogen) atoms. The molecule has 2 bridgehead atoms. The number of fused-ring (bicyclic) bond motifs is 5. The van der Waals surface area contributed by atoms with Gasteiger partial charge in [0.05, 0.1) is 0 Å². The molecule has 0 aromatic heterocycles. The molecule has 0 aromatic rings. The lowest BCUT2D eigenvalue weighted by molar-refractivity contribution is 0.292. The maximum Gasteiger partial charge on any atom is -0.00450 e. The van der Waals surface area contributed by atoms with Crippen molar-refractivity contribution in [3.63, 3.8) is 0 Å². The summed E-state index contributed by atoms with van der Waals surface area (Å²) in [6, 6.07) is 0. The van der Waals surface area contributed by atoms with Crippen molar-refractivity contribution < 1.29 is 0 Å². The Morgan fingerprint density at radius 3 is 3.15 bits per heavy atom. The zero-order chi connectivity index (χ0) is 9.05. The van der Waals surface area contributed by atoms with Gasteiger partial charge in [-0.25, -0.2) is 0 Å². The Hall–Kier alpha value is -0.520. The van der Waals surface area contributed by atoms with Gasteiger partial charge in [-0.05, 0) is 42.4 Å². The molecule has 0 radical (unpaired) electrons. The van der Waals surface area contributed by atoms with Gasteiger partial charge in [-0.15, -0.1) is 0 Å². The fraction of sp³-hybridized carbons (Fsp3) is 0.692. The van der Waals surface area contributed by atoms with Crippen LogP contribution in [0.5, 0.6) is 0 Å². The van der Waals surface area contributed by atoms with Crippen molar-refractivity contribution in [2.75, 3.05) is 0 Å². The van der Waals surface area contributed by atoms with Gasteiger partial charge < -0.3 is 0 Å². The third kappa shape index (κ3) is 0.775. The monoisotopic (exact) mass is 174 g/mol. The van der Waals surface area contributed by atoms with Crippen LogP contribution >= 0.6 is 0 Å². The summed E-state index contributed by atoms with van der Waals surface area (Å²) in [4.78, 5) is 0. The molecular formula is C13H18. The van der Waals surface area contributed by atoms with Gasteiger partial charge in [-0.1, -0.05) is 37.6 Å². The fourth-order valence-corrected chi connectivity index (χ4v) is 4.07. The van der Waals surface area contributed by atoms with E-state index in [1.54, 1.807) is 5.57 Å². The van der Waals surface area contributed by atoms with Crippen molar-refractivity contribution in [1.29, 1.82) is 0 Å². The Kier molecular flexibility index (Phi) is 1.38. The molecule has 0 heterocycles. The summed E-state index contributed by atoms with van der Waals surface area (Å²) in [6.45, 7) is 4.80. The lowest BCUT2D eigenvalue weighted by atomic mass is 9.71. The van der Waals surface area contributed by atoms with Crippen LogP contribution in [0.25, 0.3) is 0 Å². The standard InChI is InChI=1S/C13H18/c1-3-10-7-9-8-13(10,2)12-6-4-5-11(9)12/h4,6-7,9,11-12H,3,5,8H2,1-2H3. The Morgan fingerprint density at radius 1 is 1.54 bits per heavy atom. The van der Waals surface area contributed by atoms with Crippen LogP contribution in [0.2, 0.25) is 0 Å². The van der Waals surface area contributed by atoms with Crippen LogP contribution in [-0.4, -0.2) is 0 Å². The second-order valence-corrected chi connectivity index (χ2v) is 5.18. The van der Waals surface area contributed by atoms with E-state index in [0.29, 0.717) is 5.41 Å². The van der Waals surface area contributed by atoms with Crippen LogP contribution in [0.1, 0.15) is 33.1 Å². The fourth-order valence-electron chi connectivity index (χ4n) is 4.07. The van der Waals surface area contributed by atoms with E-state index in [1.807, 2.05) is 0 Å². The van der Waals surface area contributed by atoms with E-state index < -0.39 is 0 Å². The van der Waals surface area contributed by atoms with Crippen molar-refractivity contribution in [2.24, 2.45) is 23.2 Å². The maximum atomic E-state index is 2.59. The summed E-state index contributed by atoms with van der Waals surface area (Å²) in [6.07, 6.45) is 11.5. The molecule has 1 fully saturated rings. The molecule has 0 nitrogen and oxygen atoms in total. The first-order chi connectivity index (χ1) is 6.25. The summed E-state index contributed by atoms with van der Waals surface area (Å²) < 4.78 is 0. The van der Waals surface area contributed by atoms with E-state index in [2.05, 4.69) is 32.1 Å². The molecule has 3 rings (SSSR count). The maximum absolute atomic E-state index is 2.59. The van der Waals surface area contributed by atoms with Gasteiger partial charge in [0, 0.05) is 0 Å². The molecule has 0 amide bonds. The molecule has 0 heteroatoms. The van der Waals surface area contributed by atoms with E-state index in [1.165, 1.54) is 19.3 Å². The quantitative estimate of drug-likeness (QED) is 0.533. The van der Waals surface area contributed by atoms with E-state index in [-0.39, 0.29) is 0 Å². The number of rotatable bonds is 1. The molecule has 0 aliphatic heterocycles. The molecule has 3 aliphatic carbocycles. The Bertz CT molecular complexity index is 297. The number of allylic oxidation sites excluding steroid dienone is 4. The first kappa shape index (κ1) is 7.84. The van der Waals surface area contributed by atoms with E-state index >= 15 is 0 Å². The van der Waals surface area contributed by atoms with Crippen molar-refractivity contribution in [1.82, 2.24) is 0 Å². The lowest BCUT2D eigenvalue weighted by Crippen LogP contribution is -2.25. The van der Waals surface area contributed by atoms with Crippen LogP contribution < -0.4 is 0 Å². The minimum atomic E-state index is 0.553. The van der Waals surface area contributed by atoms with E-state index in [0.717, 1.165) is 17.8 Å². The minimum Gasteiger partial charge on any atom is -0.0879 e. The largest absolute Gasteiger partial charge is 0.0879 e. The normalized spacial score (nSPS) is 51.2. The van der Waals surface area contributed by atoms with Gasteiger partial charge in [0.2, 0.25) is 0 Å². The Balaban J connectivity index is 2.05. The summed E-state index contributed by atoms with van der Waals surface area (Å²) >= 11 is 0. The van der Waals surface area contributed by atoms with Crippen LogP contribution in [0.4, 0.5) is 0 Å². The van der Waals surface area contributed by atoms with Crippen molar-refractivity contribution in [3.05, 3.63) is 23.8 Å². The zero-order valence-electron chi connectivity index (χ0n) is 8.59. The van der Waals surface area contributed by atoms with Crippen LogP contribution in [0.15, 0.2) is 23.8 Å². The lowest BCUT2D eigenvalue weighted by Gasteiger charge is -2.33. The molecule has 3 aliphatic rings. The molecular weight excluding hydrogens is 156 g/mol. The average molecular weight is 174 g/mol. The van der Waals surface area contributed by atoms with Gasteiger partial charge in [0.25, 0.3) is 0 Å². The van der Waals surface area contributed by atoms with E-state index in [4.69, 9.17) is 0 Å². The van der Waals surface area contributed by atoms with Crippen molar-refractivity contribution in [3.8, 4) is 0 Å². The van der Waals surface area contributed by atoms with Gasteiger partial charge in [0.1, 0.15) is 0 Å². The third-order valence-corrected chi connectivity index (χ3v) is 4.69. The van der Waals surface area contributed by atoms with Crippen LogP contribution in [-0.2, 0) is 0 Å². The van der Waals surface area contributed by atoms with Gasteiger partial charge >= 0.3 is 0 Å². The van der Waals surface area contributed by atoms with Crippen molar-refractivity contribution >= 4 is 0 Å². The first-order valence-corrected chi connectivity index (χ1v) is 5.63. The number of hydrogen-bond donors (Lipinski definition) is 0. The first-order valence-electron chi connectivity index (χ1n) is 5.63. The van der Waals surface area contributed by atoms with E-state index in [9.17, 15) is 0 Å². The van der Waals surface area contributed by atoms with Gasteiger partial charge in [-0.3, -0.25) is 0 Å². The average Bonchev–Trinajstić information content (AvgIpc) is 2.71. The van der Waals surface area contributed by atoms with Crippen molar-refractivity contribution in [2.45, 2.75) is 33.1 Å². The molecule has 4 atom stereocenters. The Morgan fingerprint density at radius 2 is 2.38 bits per heavy atom. The molecule has 1 saturated carbocycles. The molecule has 4 unspecified atom stereocenters. The topological polar surface area (TPSA) is 0 Å². The predicted octanol–water partition coefficient (Wildman–Crippen LogP) is 3.55. The summed E-state index contributed by atoms with van der Waals surface area (Å²) in [5, 5.41) is 0. The van der Waals surface area contributed by atoms with Crippen LogP contribution in [0.3, 0.4) is 0 Å². The highest BCUT2D eigenvalue weighted by Gasteiger charge is 2.54. The van der Waals surface area contributed by atoms with Gasteiger partial charge in [-0.2, -0.15) is 0 Å². The second-order valence-electron chi connectivity index (χ2n) is 5.18. The second kappa shape index (κ2) is 2.29. The molecule has 0 N–H and O–H groups in total. The highest BCUT2D eigenvalue weighted by molar-refractivity contribution is 5.33. The minimum absolute atomic E-state index is 0.553. The summed E-state index contributed by atoms with van der Waals surface area (Å²) in [5.41, 5.74) is 2.29. The molecule has 0 spiro atoms. The summed E-state index contributed by atoms with van der Waals surface area (Å²) in [5.74, 6) is 2.78. The van der Waals surface area contributed by atoms with Gasteiger partial charge in [0.15, 0.2) is 0 Å². The molecule has 0 saturated heterocycles. The summed E-state index contributed by atoms with van der Waals surface area (Å²) in [7, 11) is 0. The molecule has 0 aromatic carbocycles.